The molecule has 15 heavy (non-hydrogen) atoms. The van der Waals surface area contributed by atoms with Crippen molar-refractivity contribution in [3.63, 3.8) is 0 Å². The molecule has 0 spiro atoms. The van der Waals surface area contributed by atoms with E-state index < -0.39 is 22.6 Å². The second-order valence-electron chi connectivity index (χ2n) is 2.67. The number of amides is 1. The Bertz CT molecular complexity index is 462. The molecule has 1 rings (SSSR count). The van der Waals surface area contributed by atoms with Gasteiger partial charge in [0.05, 0.1) is 12.0 Å². The number of carbonyl (C=O) groups is 1. The van der Waals surface area contributed by atoms with E-state index >= 15 is 0 Å². The summed E-state index contributed by atoms with van der Waals surface area (Å²) in [5, 5.41) is -0.610. The molecule has 0 aliphatic rings. The zero-order chi connectivity index (χ0) is 11.4. The molecule has 0 radical (unpaired) electrons. The van der Waals surface area contributed by atoms with Crippen LogP contribution in [0.3, 0.4) is 0 Å². The van der Waals surface area contributed by atoms with Gasteiger partial charge in [-0.2, -0.15) is 0 Å². The van der Waals surface area contributed by atoms with E-state index in [1.54, 1.807) is 0 Å². The minimum atomic E-state index is -0.936. The van der Waals surface area contributed by atoms with Crippen LogP contribution >= 0.6 is 11.6 Å². The van der Waals surface area contributed by atoms with Crippen LogP contribution in [0.4, 0.5) is 8.78 Å². The normalized spacial score (nSPS) is 9.27. The van der Waals surface area contributed by atoms with Crippen molar-refractivity contribution in [3.8, 4) is 11.8 Å². The van der Waals surface area contributed by atoms with Crippen LogP contribution in [0.2, 0.25) is 5.02 Å². The third kappa shape index (κ3) is 2.93. The van der Waals surface area contributed by atoms with Gasteiger partial charge in [-0.3, -0.25) is 4.79 Å². The van der Waals surface area contributed by atoms with E-state index in [4.69, 9.17) is 17.3 Å². The fourth-order valence-corrected chi connectivity index (χ4v) is 1.01. The second-order valence-corrected chi connectivity index (χ2v) is 3.05. The van der Waals surface area contributed by atoms with Gasteiger partial charge in [-0.15, -0.1) is 0 Å². The number of rotatable bonds is 1. The summed E-state index contributed by atoms with van der Waals surface area (Å²) >= 11 is 5.31. The van der Waals surface area contributed by atoms with Gasteiger partial charge >= 0.3 is 0 Å². The van der Waals surface area contributed by atoms with E-state index in [9.17, 15) is 13.6 Å². The Labute approximate surface area is 90.0 Å². The molecule has 0 aromatic heterocycles. The molecule has 0 bridgehead atoms. The number of nitrogens with two attached hydrogens (primary N) is 1. The minimum absolute atomic E-state index is 0.0670. The van der Waals surface area contributed by atoms with E-state index in [2.05, 4.69) is 11.8 Å². The summed E-state index contributed by atoms with van der Waals surface area (Å²) in [5.41, 5.74) is 4.76. The Hall–Kier alpha value is -1.60. The summed E-state index contributed by atoms with van der Waals surface area (Å²) in [7, 11) is 0. The molecule has 0 aliphatic heterocycles. The maximum Gasteiger partial charge on any atom is 0.229 e. The first-order valence-corrected chi connectivity index (χ1v) is 4.31. The molecule has 2 N–H and O–H groups in total. The third-order valence-electron chi connectivity index (χ3n) is 1.52. The monoisotopic (exact) mass is 229 g/mol. The molecule has 1 amide bonds. The van der Waals surface area contributed by atoms with Gasteiger partial charge < -0.3 is 5.73 Å². The number of hydrogen-bond acceptors (Lipinski definition) is 1. The van der Waals surface area contributed by atoms with E-state index in [1.165, 1.54) is 0 Å². The Morgan fingerprint density at radius 3 is 2.73 bits per heavy atom. The zero-order valence-corrected chi connectivity index (χ0v) is 8.24. The Morgan fingerprint density at radius 2 is 2.13 bits per heavy atom. The third-order valence-corrected chi connectivity index (χ3v) is 1.87. The van der Waals surface area contributed by atoms with Gasteiger partial charge in [0.15, 0.2) is 5.82 Å². The molecule has 1 aromatic carbocycles. The summed E-state index contributed by atoms with van der Waals surface area (Å²) in [6.45, 7) is 0. The molecule has 1 aromatic rings. The fraction of sp³-hybridized carbons (Fsp3) is 0.100. The first-order valence-electron chi connectivity index (χ1n) is 3.93. The lowest BCUT2D eigenvalue weighted by molar-refractivity contribution is -0.117. The summed E-state index contributed by atoms with van der Waals surface area (Å²) in [4.78, 5) is 10.3. The Morgan fingerprint density at radius 1 is 1.47 bits per heavy atom. The first-order chi connectivity index (χ1) is 7.02. The highest BCUT2D eigenvalue weighted by Gasteiger charge is 2.09. The van der Waals surface area contributed by atoms with E-state index in [-0.39, 0.29) is 12.0 Å². The lowest BCUT2D eigenvalue weighted by Crippen LogP contribution is -2.08. The van der Waals surface area contributed by atoms with Crippen molar-refractivity contribution in [2.24, 2.45) is 5.73 Å². The highest BCUT2D eigenvalue weighted by molar-refractivity contribution is 6.31. The van der Waals surface area contributed by atoms with E-state index in [1.807, 2.05) is 0 Å². The average molecular weight is 230 g/mol. The molecule has 0 saturated carbocycles. The van der Waals surface area contributed by atoms with Gasteiger partial charge in [0.2, 0.25) is 5.91 Å². The van der Waals surface area contributed by atoms with Crippen LogP contribution in [0, 0.1) is 23.5 Å². The summed E-state index contributed by atoms with van der Waals surface area (Å²) in [5.74, 6) is 2.28. The molecule has 0 unspecified atom stereocenters. The first kappa shape index (κ1) is 11.5. The lowest BCUT2D eigenvalue weighted by Gasteiger charge is -1.97. The molecule has 0 fully saturated rings. The molecular weight excluding hydrogens is 224 g/mol. The molecule has 0 heterocycles. The predicted molar refractivity (Wildman–Crippen MR) is 52.1 cm³/mol. The largest absolute Gasteiger partial charge is 0.369 e. The quantitative estimate of drug-likeness (QED) is 0.580. The van der Waals surface area contributed by atoms with Crippen molar-refractivity contribution >= 4 is 17.5 Å². The van der Waals surface area contributed by atoms with Crippen molar-refractivity contribution in [1.82, 2.24) is 0 Å². The summed E-state index contributed by atoms with van der Waals surface area (Å²) in [6.07, 6.45) is -0.186. The van der Waals surface area contributed by atoms with Crippen molar-refractivity contribution in [2.45, 2.75) is 6.42 Å². The number of benzene rings is 1. The maximum atomic E-state index is 13.2. The van der Waals surface area contributed by atoms with Gasteiger partial charge in [0, 0.05) is 0 Å². The van der Waals surface area contributed by atoms with Crippen LogP contribution in [-0.4, -0.2) is 5.91 Å². The summed E-state index contributed by atoms with van der Waals surface area (Å²) < 4.78 is 25.9. The summed E-state index contributed by atoms with van der Waals surface area (Å²) in [6, 6.07) is 2.14. The van der Waals surface area contributed by atoms with E-state index in [0.29, 0.717) is 0 Å². The highest BCUT2D eigenvalue weighted by Crippen LogP contribution is 2.21. The second kappa shape index (κ2) is 4.76. The van der Waals surface area contributed by atoms with Gasteiger partial charge in [-0.1, -0.05) is 23.4 Å². The van der Waals surface area contributed by atoms with Crippen LogP contribution in [-0.2, 0) is 4.79 Å². The van der Waals surface area contributed by atoms with Crippen LogP contribution in [0.5, 0.6) is 0 Å². The standard InChI is InChI=1S/C10H6ClF2NO/c11-9-7(12)5-4-6(10(9)13)2-1-3-8(14)15/h4-5H,3H2,(H2,14,15). The zero-order valence-electron chi connectivity index (χ0n) is 7.48. The Kier molecular flexibility index (Phi) is 3.64. The minimum Gasteiger partial charge on any atom is -0.369 e. The lowest BCUT2D eigenvalue weighted by atomic mass is 10.2. The number of hydrogen-bond donors (Lipinski definition) is 1. The molecule has 0 aliphatic carbocycles. The van der Waals surface area contributed by atoms with Crippen LogP contribution < -0.4 is 5.73 Å². The molecule has 0 saturated heterocycles. The predicted octanol–water partition coefficient (Wildman–Crippen LogP) is 1.85. The average Bonchev–Trinajstić information content (AvgIpc) is 2.18. The van der Waals surface area contributed by atoms with Crippen molar-refractivity contribution < 1.29 is 13.6 Å². The fourth-order valence-electron chi connectivity index (χ4n) is 0.849. The van der Waals surface area contributed by atoms with Gasteiger partial charge in [-0.05, 0) is 12.1 Å². The number of primary amides is 1. The van der Waals surface area contributed by atoms with Crippen molar-refractivity contribution in [1.29, 1.82) is 0 Å². The number of carbonyl (C=O) groups excluding carboxylic acids is 1. The van der Waals surface area contributed by atoms with Crippen LogP contribution in [0.15, 0.2) is 12.1 Å². The van der Waals surface area contributed by atoms with Gasteiger partial charge in [0.25, 0.3) is 0 Å². The molecule has 0 atom stereocenters. The molecule has 2 nitrogen and oxygen atoms in total. The van der Waals surface area contributed by atoms with E-state index in [0.717, 1.165) is 12.1 Å². The highest BCUT2D eigenvalue weighted by atomic mass is 35.5. The SMILES string of the molecule is NC(=O)CC#Cc1ccc(F)c(Cl)c1F. The number of halogens is 3. The maximum absolute atomic E-state index is 13.2. The van der Waals surface area contributed by atoms with Gasteiger partial charge in [0.1, 0.15) is 10.8 Å². The van der Waals surface area contributed by atoms with Crippen molar-refractivity contribution in [2.75, 3.05) is 0 Å². The molecule has 78 valence electrons. The van der Waals surface area contributed by atoms with Crippen LogP contribution in [0.1, 0.15) is 12.0 Å². The smallest absolute Gasteiger partial charge is 0.229 e. The van der Waals surface area contributed by atoms with Crippen LogP contribution in [0.25, 0.3) is 0 Å². The Balaban J connectivity index is 3.00. The van der Waals surface area contributed by atoms with Gasteiger partial charge in [-0.25, -0.2) is 8.78 Å². The molecule has 5 heteroatoms. The topological polar surface area (TPSA) is 43.1 Å². The molecular formula is C10H6ClF2NO. The van der Waals surface area contributed by atoms with Crippen molar-refractivity contribution in [3.05, 3.63) is 34.4 Å².